The first-order valence-corrected chi connectivity index (χ1v) is 5.51. The average Bonchev–Trinajstić information content (AvgIpc) is 2.27. The van der Waals surface area contributed by atoms with E-state index >= 15 is 0 Å². The van der Waals surface area contributed by atoms with Crippen molar-refractivity contribution in [3.8, 4) is 6.01 Å². The smallest absolute Gasteiger partial charge is 0.323 e. The molecule has 94 valence electrons. The number of nitrogens with zero attached hydrogens (tertiary/aromatic N) is 3. The van der Waals surface area contributed by atoms with Gasteiger partial charge in [-0.05, 0) is 19.8 Å². The molecule has 0 radical (unpaired) electrons. The highest BCUT2D eigenvalue weighted by Crippen LogP contribution is 2.23. The quantitative estimate of drug-likeness (QED) is 0.401. The Morgan fingerprint density at radius 3 is 2.65 bits per heavy atom. The van der Waals surface area contributed by atoms with Gasteiger partial charge in [0.15, 0.2) is 0 Å². The largest absolute Gasteiger partial charge is 0.464 e. The number of rotatable bonds is 5. The molecule has 0 atom stereocenters. The van der Waals surface area contributed by atoms with Gasteiger partial charge in [0.05, 0.1) is 12.7 Å². The van der Waals surface area contributed by atoms with Gasteiger partial charge in [-0.15, -0.1) is 0 Å². The third-order valence-electron chi connectivity index (χ3n) is 2.46. The van der Waals surface area contributed by atoms with Crippen molar-refractivity contribution in [2.24, 2.45) is 5.84 Å². The number of hydrazine groups is 1. The predicted molar refractivity (Wildman–Crippen MR) is 61.5 cm³/mol. The van der Waals surface area contributed by atoms with E-state index in [1.54, 1.807) is 0 Å². The van der Waals surface area contributed by atoms with Crippen molar-refractivity contribution >= 4 is 11.9 Å². The van der Waals surface area contributed by atoms with Crippen molar-refractivity contribution in [3.63, 3.8) is 0 Å². The van der Waals surface area contributed by atoms with E-state index in [-0.39, 0.29) is 24.1 Å². The second-order valence-corrected chi connectivity index (χ2v) is 3.81. The van der Waals surface area contributed by atoms with Crippen molar-refractivity contribution < 1.29 is 9.84 Å². The summed E-state index contributed by atoms with van der Waals surface area (Å²) < 4.78 is 5.20. The number of ether oxygens (including phenoxy) is 1. The van der Waals surface area contributed by atoms with Gasteiger partial charge < -0.3 is 15.2 Å². The van der Waals surface area contributed by atoms with Crippen LogP contribution in [0.2, 0.25) is 0 Å². The maximum absolute atomic E-state index is 9.19. The normalized spacial score (nSPS) is 22.8. The molecule has 1 fully saturated rings. The zero-order valence-corrected chi connectivity index (χ0v) is 9.55. The van der Waals surface area contributed by atoms with Crippen molar-refractivity contribution in [2.45, 2.75) is 31.9 Å². The molecule has 1 saturated carbocycles. The number of aromatic nitrogens is 3. The minimum Gasteiger partial charge on any atom is -0.464 e. The van der Waals surface area contributed by atoms with E-state index in [0.29, 0.717) is 25.4 Å². The number of nitrogens with one attached hydrogen (secondary N) is 2. The number of anilines is 2. The number of aliphatic hydroxyl groups excluding tert-OH is 1. The summed E-state index contributed by atoms with van der Waals surface area (Å²) in [7, 11) is 0. The third-order valence-corrected chi connectivity index (χ3v) is 2.46. The lowest BCUT2D eigenvalue weighted by Gasteiger charge is -2.31. The Balaban J connectivity index is 2.06. The lowest BCUT2D eigenvalue weighted by molar-refractivity contribution is 0.0834. The first-order valence-electron chi connectivity index (χ1n) is 5.51. The summed E-state index contributed by atoms with van der Waals surface area (Å²) in [5.74, 6) is 5.90. The van der Waals surface area contributed by atoms with E-state index in [0.717, 1.165) is 0 Å². The summed E-state index contributed by atoms with van der Waals surface area (Å²) in [5.41, 5.74) is 2.35. The molecule has 8 heteroatoms. The van der Waals surface area contributed by atoms with Gasteiger partial charge in [-0.3, -0.25) is 5.43 Å². The van der Waals surface area contributed by atoms with E-state index in [1.165, 1.54) is 0 Å². The van der Waals surface area contributed by atoms with Crippen LogP contribution in [0.15, 0.2) is 0 Å². The van der Waals surface area contributed by atoms with Gasteiger partial charge >= 0.3 is 6.01 Å². The Kier molecular flexibility index (Phi) is 3.55. The van der Waals surface area contributed by atoms with E-state index < -0.39 is 0 Å². The molecule has 17 heavy (non-hydrogen) atoms. The fourth-order valence-electron chi connectivity index (χ4n) is 1.57. The van der Waals surface area contributed by atoms with E-state index in [2.05, 4.69) is 25.7 Å². The lowest BCUT2D eigenvalue weighted by atomic mass is 9.90. The van der Waals surface area contributed by atoms with Gasteiger partial charge in [0.2, 0.25) is 11.9 Å². The first kappa shape index (κ1) is 11.8. The minimum absolute atomic E-state index is 0.188. The van der Waals surface area contributed by atoms with Gasteiger partial charge in [0, 0.05) is 6.04 Å². The molecule has 5 N–H and O–H groups in total. The molecule has 0 bridgehead atoms. The predicted octanol–water partition coefficient (Wildman–Crippen LogP) is -0.509. The van der Waals surface area contributed by atoms with Crippen LogP contribution < -0.4 is 21.3 Å². The summed E-state index contributed by atoms with van der Waals surface area (Å²) in [4.78, 5) is 12.1. The van der Waals surface area contributed by atoms with Gasteiger partial charge in [-0.1, -0.05) is 0 Å². The second-order valence-electron chi connectivity index (χ2n) is 3.81. The van der Waals surface area contributed by atoms with Crippen LogP contribution in [-0.2, 0) is 0 Å². The van der Waals surface area contributed by atoms with Gasteiger partial charge in [-0.2, -0.15) is 15.0 Å². The monoisotopic (exact) mass is 240 g/mol. The van der Waals surface area contributed by atoms with Crippen molar-refractivity contribution in [2.75, 3.05) is 17.3 Å². The van der Waals surface area contributed by atoms with E-state index in [4.69, 9.17) is 10.6 Å². The van der Waals surface area contributed by atoms with Crippen LogP contribution in [0, 0.1) is 0 Å². The summed E-state index contributed by atoms with van der Waals surface area (Å²) >= 11 is 0. The van der Waals surface area contributed by atoms with Crippen LogP contribution in [0.3, 0.4) is 0 Å². The lowest BCUT2D eigenvalue weighted by Crippen LogP contribution is -2.39. The highest BCUT2D eigenvalue weighted by molar-refractivity contribution is 5.36. The van der Waals surface area contributed by atoms with Crippen LogP contribution in [0.4, 0.5) is 11.9 Å². The Hall–Kier alpha value is -1.67. The van der Waals surface area contributed by atoms with Crippen LogP contribution in [-0.4, -0.2) is 38.8 Å². The number of nitrogen functional groups attached to an aromatic ring is 1. The summed E-state index contributed by atoms with van der Waals surface area (Å²) in [5, 5.41) is 12.3. The molecule has 0 amide bonds. The fourth-order valence-corrected chi connectivity index (χ4v) is 1.57. The van der Waals surface area contributed by atoms with Gasteiger partial charge in [0.25, 0.3) is 0 Å². The molecule has 0 saturated heterocycles. The molecule has 0 aromatic carbocycles. The standard InChI is InChI=1S/C9H16N6O2/c1-2-17-9-13-7(12-8(14-9)15-10)11-5-3-6(16)4-5/h5-6,16H,2-4,10H2,1H3,(H2,11,12,13,14,15). The third kappa shape index (κ3) is 2.92. The van der Waals surface area contributed by atoms with Crippen molar-refractivity contribution in [3.05, 3.63) is 0 Å². The number of aliphatic hydroxyl groups is 1. The Labute approximate surface area is 98.6 Å². The van der Waals surface area contributed by atoms with E-state index in [9.17, 15) is 5.11 Å². The molecule has 2 rings (SSSR count). The number of hydrogen-bond acceptors (Lipinski definition) is 8. The molecular formula is C9H16N6O2. The highest BCUT2D eigenvalue weighted by Gasteiger charge is 2.27. The fraction of sp³-hybridized carbons (Fsp3) is 0.667. The maximum Gasteiger partial charge on any atom is 0.323 e. The topological polar surface area (TPSA) is 118 Å². The second kappa shape index (κ2) is 5.11. The molecule has 1 aromatic rings. The molecule has 1 heterocycles. The molecule has 1 aliphatic carbocycles. The Morgan fingerprint density at radius 2 is 2.06 bits per heavy atom. The summed E-state index contributed by atoms with van der Waals surface area (Å²) in [6.07, 6.45) is 1.16. The molecule has 1 aliphatic rings. The first-order chi connectivity index (χ1) is 8.21. The highest BCUT2D eigenvalue weighted by atomic mass is 16.5. The van der Waals surface area contributed by atoms with Crippen molar-refractivity contribution in [1.82, 2.24) is 15.0 Å². The van der Waals surface area contributed by atoms with Crippen LogP contribution in [0.1, 0.15) is 19.8 Å². The zero-order chi connectivity index (χ0) is 12.3. The molecule has 0 unspecified atom stereocenters. The minimum atomic E-state index is -0.229. The Morgan fingerprint density at radius 1 is 1.35 bits per heavy atom. The maximum atomic E-state index is 9.19. The van der Waals surface area contributed by atoms with Gasteiger partial charge in [0.1, 0.15) is 0 Å². The SMILES string of the molecule is CCOc1nc(NN)nc(NC2CC(O)C2)n1. The number of hydrogen-bond donors (Lipinski definition) is 4. The van der Waals surface area contributed by atoms with Crippen LogP contribution in [0.25, 0.3) is 0 Å². The Bertz CT molecular complexity index is 382. The molecule has 1 aromatic heterocycles. The zero-order valence-electron chi connectivity index (χ0n) is 9.55. The molecular weight excluding hydrogens is 224 g/mol. The molecule has 0 aliphatic heterocycles. The van der Waals surface area contributed by atoms with Gasteiger partial charge in [-0.25, -0.2) is 5.84 Å². The number of nitrogens with two attached hydrogens (primary N) is 1. The van der Waals surface area contributed by atoms with Crippen molar-refractivity contribution in [1.29, 1.82) is 0 Å². The summed E-state index contributed by atoms with van der Waals surface area (Å²) in [6, 6.07) is 0.408. The average molecular weight is 240 g/mol. The summed E-state index contributed by atoms with van der Waals surface area (Å²) in [6.45, 7) is 2.31. The molecule has 0 spiro atoms. The van der Waals surface area contributed by atoms with E-state index in [1.807, 2.05) is 6.92 Å². The van der Waals surface area contributed by atoms with Crippen LogP contribution in [0.5, 0.6) is 6.01 Å². The van der Waals surface area contributed by atoms with Crippen LogP contribution >= 0.6 is 0 Å². The molecule has 8 nitrogen and oxygen atoms in total.